The highest BCUT2D eigenvalue weighted by Crippen LogP contribution is 2.61. The standard InChI is InChI=1S/C41H43F4N7O4/c1-6-27-30(42)10-7-23-11-26(53)12-28(31(23)27)32-34(43)36-33(29-15-50(4)48-35(29)32)37(47-38(46-36)56-22-40(18-49(2)3)16-41(40,44)45)52-24-8-9-25(52)14-51(13-24)17-39(19-54-5)20-55-21-39/h1,7,10-12,15,24-25,53H,8-9,13-14,16-22H2,2-5H3/t24?,25?,40-/m1/s1. The quantitative estimate of drug-likeness (QED) is 0.135. The van der Waals surface area contributed by atoms with Gasteiger partial charge in [-0.25, -0.2) is 17.6 Å². The summed E-state index contributed by atoms with van der Waals surface area (Å²) >= 11 is 0. The Morgan fingerprint density at radius 2 is 1.79 bits per heavy atom. The number of rotatable bonds is 11. The number of halogens is 4. The van der Waals surface area contributed by atoms with Crippen molar-refractivity contribution in [2.75, 3.05) is 78.7 Å². The predicted octanol–water partition coefficient (Wildman–Crippen LogP) is 5.58. The Morgan fingerprint density at radius 3 is 2.41 bits per heavy atom. The van der Waals surface area contributed by atoms with Crippen molar-refractivity contribution in [3.8, 4) is 35.2 Å². The molecule has 4 fully saturated rings. The lowest BCUT2D eigenvalue weighted by Crippen LogP contribution is -2.60. The van der Waals surface area contributed by atoms with E-state index in [0.717, 1.165) is 19.4 Å². The second-order valence-electron chi connectivity index (χ2n) is 16.6. The average molecular weight is 774 g/mol. The van der Waals surface area contributed by atoms with Gasteiger partial charge < -0.3 is 29.1 Å². The van der Waals surface area contributed by atoms with Crippen molar-refractivity contribution in [1.29, 1.82) is 0 Å². The fourth-order valence-electron chi connectivity index (χ4n) is 9.59. The Morgan fingerprint density at radius 1 is 1.05 bits per heavy atom. The summed E-state index contributed by atoms with van der Waals surface area (Å²) in [4.78, 5) is 15.9. The number of methoxy groups -OCH3 is 1. The second-order valence-corrected chi connectivity index (χ2v) is 16.6. The second kappa shape index (κ2) is 13.2. The highest BCUT2D eigenvalue weighted by Gasteiger charge is 2.71. The number of likely N-dealkylation sites (tertiary alicyclic amines) is 1. The van der Waals surface area contributed by atoms with Crippen LogP contribution in [0.4, 0.5) is 23.4 Å². The third kappa shape index (κ3) is 5.83. The van der Waals surface area contributed by atoms with Crippen molar-refractivity contribution in [2.45, 2.75) is 37.3 Å². The zero-order chi connectivity index (χ0) is 39.3. The Bertz CT molecular complexity index is 2430. The lowest BCUT2D eigenvalue weighted by atomic mass is 9.86. The van der Waals surface area contributed by atoms with E-state index in [-0.39, 0.29) is 81.9 Å². The van der Waals surface area contributed by atoms with E-state index in [9.17, 15) is 13.9 Å². The molecule has 5 aromatic rings. The van der Waals surface area contributed by atoms with Crippen LogP contribution in [0, 0.1) is 34.8 Å². The van der Waals surface area contributed by atoms with Crippen molar-refractivity contribution < 1.29 is 36.9 Å². The summed E-state index contributed by atoms with van der Waals surface area (Å²) < 4.78 is 81.6. The smallest absolute Gasteiger partial charge is 0.319 e. The molecule has 0 spiro atoms. The largest absolute Gasteiger partial charge is 0.508 e. The average Bonchev–Trinajstić information content (AvgIpc) is 3.32. The minimum absolute atomic E-state index is 0.00114. The van der Waals surface area contributed by atoms with E-state index >= 15 is 8.78 Å². The zero-order valence-electron chi connectivity index (χ0n) is 31.7. The van der Waals surface area contributed by atoms with E-state index in [2.05, 4.69) is 20.7 Å². The monoisotopic (exact) mass is 773 g/mol. The molecule has 4 aliphatic rings. The van der Waals surface area contributed by atoms with Gasteiger partial charge in [-0.3, -0.25) is 9.58 Å². The number of benzene rings is 3. The SMILES string of the molecule is C#Cc1c(F)ccc2cc(O)cc(-c3c(F)c4nc(OC[C@]5(CN(C)C)CC5(F)F)nc(N5C6CCC5CN(CC5(COC)COC5)C6)c4c4cn(C)nc34)c12. The molecule has 1 aliphatic carbocycles. The van der Waals surface area contributed by atoms with Crippen LogP contribution in [-0.4, -0.2) is 126 Å². The van der Waals surface area contributed by atoms with Crippen molar-refractivity contribution in [3.05, 3.63) is 47.7 Å². The van der Waals surface area contributed by atoms with Crippen LogP contribution in [0.15, 0.2) is 30.5 Å². The van der Waals surface area contributed by atoms with Gasteiger partial charge in [0.25, 0.3) is 5.92 Å². The van der Waals surface area contributed by atoms with Crippen LogP contribution < -0.4 is 9.64 Å². The summed E-state index contributed by atoms with van der Waals surface area (Å²) in [5.41, 5.74) is -1.44. The maximum Gasteiger partial charge on any atom is 0.319 e. The molecule has 3 atom stereocenters. The summed E-state index contributed by atoms with van der Waals surface area (Å²) in [6.07, 6.45) is 8.94. The topological polar surface area (TPSA) is 101 Å². The summed E-state index contributed by atoms with van der Waals surface area (Å²) in [5, 5.41) is 17.1. The van der Waals surface area contributed by atoms with Crippen LogP contribution in [0.3, 0.4) is 0 Å². The number of anilines is 1. The number of aromatic hydroxyl groups is 1. The molecule has 3 aliphatic heterocycles. The van der Waals surface area contributed by atoms with Crippen LogP contribution in [0.2, 0.25) is 0 Å². The van der Waals surface area contributed by atoms with Crippen LogP contribution >= 0.6 is 0 Å². The van der Waals surface area contributed by atoms with Gasteiger partial charge in [-0.1, -0.05) is 12.0 Å². The van der Waals surface area contributed by atoms with Gasteiger partial charge in [0.2, 0.25) is 0 Å². The number of hydrogen-bond donors (Lipinski definition) is 1. The number of aryl methyl sites for hydroxylation is 1. The molecule has 3 saturated heterocycles. The normalized spacial score (nSPS) is 24.0. The Hall–Kier alpha value is -4.75. The molecule has 2 unspecified atom stereocenters. The fourth-order valence-corrected chi connectivity index (χ4v) is 9.59. The zero-order valence-corrected chi connectivity index (χ0v) is 31.7. The van der Waals surface area contributed by atoms with E-state index in [1.165, 1.54) is 24.3 Å². The number of nitrogens with zero attached hydrogens (tertiary/aromatic N) is 7. The molecule has 15 heteroatoms. The van der Waals surface area contributed by atoms with E-state index in [1.54, 1.807) is 44.0 Å². The van der Waals surface area contributed by atoms with E-state index in [0.29, 0.717) is 54.9 Å². The first kappa shape index (κ1) is 36.9. The van der Waals surface area contributed by atoms with Crippen molar-refractivity contribution >= 4 is 38.4 Å². The minimum Gasteiger partial charge on any atom is -0.508 e. The maximum atomic E-state index is 17.8. The van der Waals surface area contributed by atoms with Gasteiger partial charge in [0.15, 0.2) is 5.82 Å². The van der Waals surface area contributed by atoms with Gasteiger partial charge in [0.1, 0.15) is 35.0 Å². The third-order valence-electron chi connectivity index (χ3n) is 12.0. The number of fused-ring (bicyclic) bond motifs is 6. The Labute approximate surface area is 321 Å². The minimum atomic E-state index is -2.95. The molecular formula is C41H43F4N7O4. The Balaban J connectivity index is 1.23. The molecule has 2 bridgehead atoms. The fraction of sp³-hybridized carbons (Fsp3) is 0.488. The molecule has 2 aromatic heterocycles. The van der Waals surface area contributed by atoms with Crippen LogP contribution in [0.25, 0.3) is 43.7 Å². The number of piperazine rings is 1. The first-order valence-corrected chi connectivity index (χ1v) is 18.8. The van der Waals surface area contributed by atoms with Crippen LogP contribution in [-0.2, 0) is 16.5 Å². The third-order valence-corrected chi connectivity index (χ3v) is 12.0. The molecule has 1 saturated carbocycles. The van der Waals surface area contributed by atoms with E-state index < -0.39 is 23.0 Å². The number of phenolic OH excluding ortho intramolecular Hbond substituents is 1. The summed E-state index contributed by atoms with van der Waals surface area (Å²) in [7, 11) is 6.86. The predicted molar refractivity (Wildman–Crippen MR) is 203 cm³/mol. The van der Waals surface area contributed by atoms with Crippen molar-refractivity contribution in [2.24, 2.45) is 17.9 Å². The van der Waals surface area contributed by atoms with Gasteiger partial charge in [0, 0.05) is 81.4 Å². The van der Waals surface area contributed by atoms with Crippen molar-refractivity contribution in [3.63, 3.8) is 0 Å². The molecule has 5 heterocycles. The lowest BCUT2D eigenvalue weighted by molar-refractivity contribution is -0.155. The summed E-state index contributed by atoms with van der Waals surface area (Å²) in [6, 6.07) is 5.21. The number of alkyl halides is 2. The molecule has 56 heavy (non-hydrogen) atoms. The first-order chi connectivity index (χ1) is 26.8. The van der Waals surface area contributed by atoms with Crippen LogP contribution in [0.5, 0.6) is 11.8 Å². The number of phenols is 1. The van der Waals surface area contributed by atoms with Crippen molar-refractivity contribution in [1.82, 2.24) is 29.5 Å². The Kier molecular flexibility index (Phi) is 8.66. The van der Waals surface area contributed by atoms with E-state index in [4.69, 9.17) is 30.7 Å². The van der Waals surface area contributed by atoms with Gasteiger partial charge in [-0.2, -0.15) is 15.1 Å². The molecule has 3 aromatic carbocycles. The first-order valence-electron chi connectivity index (χ1n) is 18.8. The lowest BCUT2D eigenvalue weighted by Gasteiger charge is -2.48. The number of terminal acetylenes is 1. The van der Waals surface area contributed by atoms with Crippen LogP contribution in [0.1, 0.15) is 24.8 Å². The van der Waals surface area contributed by atoms with Gasteiger partial charge in [-0.15, -0.1) is 6.42 Å². The molecule has 0 radical (unpaired) electrons. The van der Waals surface area contributed by atoms with Gasteiger partial charge in [0.05, 0.1) is 41.6 Å². The van der Waals surface area contributed by atoms with E-state index in [1.807, 2.05) is 0 Å². The highest BCUT2D eigenvalue weighted by atomic mass is 19.3. The molecule has 0 amide bonds. The summed E-state index contributed by atoms with van der Waals surface area (Å²) in [6.45, 7) is 3.81. The molecule has 294 valence electrons. The molecular weight excluding hydrogens is 730 g/mol. The maximum absolute atomic E-state index is 17.8. The number of hydrogen-bond acceptors (Lipinski definition) is 10. The molecule has 1 N–H and O–H groups in total. The molecule has 9 rings (SSSR count). The summed E-state index contributed by atoms with van der Waals surface area (Å²) in [5.74, 6) is -1.80. The number of aromatic nitrogens is 4. The molecule has 11 nitrogen and oxygen atoms in total. The highest BCUT2D eigenvalue weighted by molar-refractivity contribution is 6.18. The van der Waals surface area contributed by atoms with Gasteiger partial charge in [-0.05, 0) is 56.1 Å². The van der Waals surface area contributed by atoms with Gasteiger partial charge >= 0.3 is 6.01 Å². The number of ether oxygens (including phenoxy) is 3.